The molecule has 4 nitrogen and oxygen atoms in total. The van der Waals surface area contributed by atoms with E-state index in [9.17, 15) is 15.3 Å². The van der Waals surface area contributed by atoms with Crippen LogP contribution in [0, 0.1) is 6.10 Å². The lowest BCUT2D eigenvalue weighted by Gasteiger charge is -2.13. The fourth-order valence-corrected chi connectivity index (χ4v) is 4.10. The van der Waals surface area contributed by atoms with Crippen LogP contribution in [0.15, 0.2) is 0 Å². The predicted molar refractivity (Wildman–Crippen MR) is 132 cm³/mol. The van der Waals surface area contributed by atoms with Crippen LogP contribution < -0.4 is 12.4 Å². The third-order valence-electron chi connectivity index (χ3n) is 6.11. The van der Waals surface area contributed by atoms with Crippen LogP contribution in [0.1, 0.15) is 155 Å². The van der Waals surface area contributed by atoms with Gasteiger partial charge in [-0.25, -0.2) is 0 Å². The number of hydrogen-bond acceptors (Lipinski definition) is 4. The van der Waals surface area contributed by atoms with E-state index < -0.39 is 5.97 Å². The summed E-state index contributed by atoms with van der Waals surface area (Å²) in [6, 6.07) is 0. The molecule has 0 unspecified atom stereocenters. The zero-order valence-electron chi connectivity index (χ0n) is 21.4. The average molecular weight is 479 g/mol. The van der Waals surface area contributed by atoms with Gasteiger partial charge in [-0.2, -0.15) is 4.74 Å². The van der Waals surface area contributed by atoms with E-state index in [1.54, 1.807) is 0 Å². The normalized spacial score (nSPS) is 11.5. The second-order valence-electron chi connectivity index (χ2n) is 9.37. The summed E-state index contributed by atoms with van der Waals surface area (Å²) in [6.45, 7) is 4.63. The first-order chi connectivity index (χ1) is 15.0. The van der Waals surface area contributed by atoms with E-state index in [1.165, 1.54) is 109 Å². The molecule has 3 N–H and O–H groups in total. The Labute approximate surface area is 206 Å². The van der Waals surface area contributed by atoms with Crippen molar-refractivity contribution in [3.05, 3.63) is 6.10 Å². The third kappa shape index (κ3) is 24.6. The molecule has 0 aromatic carbocycles. The van der Waals surface area contributed by atoms with Gasteiger partial charge in [0.25, 0.3) is 0 Å². The highest BCUT2D eigenvalue weighted by molar-refractivity contribution is 4.86. The Balaban J connectivity index is 0. The van der Waals surface area contributed by atoms with Gasteiger partial charge in [-0.1, -0.05) is 129 Å². The van der Waals surface area contributed by atoms with E-state index in [2.05, 4.69) is 6.92 Å². The molecule has 0 amide bonds. The molecule has 0 rings (SSSR count). The lowest BCUT2D eigenvalue weighted by molar-refractivity contribution is -0.327. The molecule has 0 aromatic heterocycles. The minimum Gasteiger partial charge on any atom is -1.00 e. The molecule has 0 heterocycles. The van der Waals surface area contributed by atoms with Crippen molar-refractivity contribution in [3.8, 4) is 0 Å². The van der Waals surface area contributed by atoms with Crippen molar-refractivity contribution in [1.29, 1.82) is 0 Å². The van der Waals surface area contributed by atoms with Gasteiger partial charge < -0.3 is 27.7 Å². The molecule has 0 spiro atoms. The van der Waals surface area contributed by atoms with Gasteiger partial charge >= 0.3 is 12.1 Å². The van der Waals surface area contributed by atoms with E-state index in [4.69, 9.17) is 4.74 Å². The molecule has 0 bridgehead atoms. The maximum absolute atomic E-state index is 9.31. The van der Waals surface area contributed by atoms with Gasteiger partial charge in [-0.3, -0.25) is 0 Å². The van der Waals surface area contributed by atoms with E-state index in [0.29, 0.717) is 13.0 Å². The molecule has 0 fully saturated rings. The maximum Gasteiger partial charge on any atom is 0.471 e. The van der Waals surface area contributed by atoms with Crippen molar-refractivity contribution >= 4 is 0 Å². The Hall–Kier alpha value is 0. The summed E-state index contributed by atoms with van der Waals surface area (Å²) in [4.78, 5) is 0. The zero-order valence-corrected chi connectivity index (χ0v) is 22.1. The molecule has 0 aromatic rings. The predicted octanol–water partition coefficient (Wildman–Crippen LogP) is 4.79. The summed E-state index contributed by atoms with van der Waals surface area (Å²) in [5.41, 5.74) is 0. The molecule has 0 saturated heterocycles. The highest BCUT2D eigenvalue weighted by Crippen LogP contribution is 2.23. The van der Waals surface area contributed by atoms with E-state index in [1.807, 2.05) is 6.92 Å². The maximum atomic E-state index is 9.31. The summed E-state index contributed by atoms with van der Waals surface area (Å²) >= 11 is 0. The molecular weight excluding hydrogens is 424 g/mol. The number of rotatable bonds is 25. The lowest BCUT2D eigenvalue weighted by atomic mass is 10.0. The topological polar surface area (TPSA) is 69.9 Å². The number of ether oxygens (including phenoxy) is 1. The van der Waals surface area contributed by atoms with Gasteiger partial charge in [0.2, 0.25) is 0 Å². The third-order valence-corrected chi connectivity index (χ3v) is 6.11. The van der Waals surface area contributed by atoms with Gasteiger partial charge in [-0.15, -0.1) is 0 Å². The van der Waals surface area contributed by atoms with Gasteiger partial charge in [0.1, 0.15) is 6.42 Å². The summed E-state index contributed by atoms with van der Waals surface area (Å²) in [5.74, 6) is -2.80. The quantitative estimate of drug-likeness (QED) is 0.100. The number of halogens is 1. The Morgan fingerprint density at radius 2 is 0.812 bits per heavy atom. The van der Waals surface area contributed by atoms with Crippen LogP contribution in [0.4, 0.5) is 0 Å². The molecule has 0 atom stereocenters. The highest BCUT2D eigenvalue weighted by atomic mass is 35.5. The summed E-state index contributed by atoms with van der Waals surface area (Å²) in [5, 5.41) is 27.9. The van der Waals surface area contributed by atoms with Crippen LogP contribution >= 0.6 is 0 Å². The fourth-order valence-electron chi connectivity index (χ4n) is 4.10. The molecular formula is C27H55ClO4. The van der Waals surface area contributed by atoms with Crippen molar-refractivity contribution in [2.75, 3.05) is 6.61 Å². The first kappa shape index (κ1) is 34.2. The largest absolute Gasteiger partial charge is 1.00 e. The van der Waals surface area contributed by atoms with Gasteiger partial charge in [0.05, 0.1) is 6.61 Å². The molecule has 194 valence electrons. The Kier molecular flexibility index (Phi) is 27.4. The van der Waals surface area contributed by atoms with Crippen molar-refractivity contribution in [3.63, 3.8) is 0 Å². The van der Waals surface area contributed by atoms with Crippen LogP contribution in [0.2, 0.25) is 0 Å². The van der Waals surface area contributed by atoms with E-state index in [-0.39, 0.29) is 18.5 Å². The SMILES string of the molecule is CCCCCCCCCCCCCCCCCCCCCC[C+](OCCC)C(O)(O)O.[Cl-]. The summed E-state index contributed by atoms with van der Waals surface area (Å²) < 4.78 is 5.26. The van der Waals surface area contributed by atoms with Crippen LogP contribution in [-0.2, 0) is 4.74 Å². The van der Waals surface area contributed by atoms with E-state index >= 15 is 0 Å². The molecule has 0 radical (unpaired) electrons. The minimum absolute atomic E-state index is 0. The van der Waals surface area contributed by atoms with Crippen molar-refractivity contribution < 1.29 is 32.5 Å². The zero-order chi connectivity index (χ0) is 23.0. The lowest BCUT2D eigenvalue weighted by Crippen LogP contribution is -3.00. The average Bonchev–Trinajstić information content (AvgIpc) is 2.73. The van der Waals surface area contributed by atoms with Crippen LogP contribution in [0.25, 0.3) is 0 Å². The first-order valence-corrected chi connectivity index (χ1v) is 13.7. The summed E-state index contributed by atoms with van der Waals surface area (Å²) in [7, 11) is 0. The van der Waals surface area contributed by atoms with Crippen LogP contribution in [0.3, 0.4) is 0 Å². The number of unbranched alkanes of at least 4 members (excludes halogenated alkanes) is 19. The first-order valence-electron chi connectivity index (χ1n) is 13.7. The van der Waals surface area contributed by atoms with Crippen LogP contribution in [0.5, 0.6) is 0 Å². The summed E-state index contributed by atoms with van der Waals surface area (Å²) in [6.07, 6.45) is 27.9. The van der Waals surface area contributed by atoms with Crippen LogP contribution in [-0.4, -0.2) is 27.9 Å². The van der Waals surface area contributed by atoms with Crippen molar-refractivity contribution in [2.24, 2.45) is 0 Å². The second kappa shape index (κ2) is 25.6. The van der Waals surface area contributed by atoms with E-state index in [0.717, 1.165) is 25.7 Å². The second-order valence-corrected chi connectivity index (χ2v) is 9.37. The van der Waals surface area contributed by atoms with Crippen molar-refractivity contribution in [1.82, 2.24) is 0 Å². The molecule has 0 aliphatic heterocycles. The molecule has 0 aliphatic rings. The molecule has 0 saturated carbocycles. The minimum atomic E-state index is -2.80. The number of hydrogen-bond donors (Lipinski definition) is 3. The Morgan fingerprint density at radius 1 is 0.500 bits per heavy atom. The molecule has 32 heavy (non-hydrogen) atoms. The monoisotopic (exact) mass is 478 g/mol. The highest BCUT2D eigenvalue weighted by Gasteiger charge is 2.47. The Morgan fingerprint density at radius 3 is 1.09 bits per heavy atom. The molecule has 5 heteroatoms. The van der Waals surface area contributed by atoms with Gasteiger partial charge in [-0.05, 0) is 19.3 Å². The van der Waals surface area contributed by atoms with Crippen molar-refractivity contribution in [2.45, 2.75) is 161 Å². The molecule has 0 aliphatic carbocycles. The van der Waals surface area contributed by atoms with Gasteiger partial charge in [0.15, 0.2) is 0 Å². The smallest absolute Gasteiger partial charge is 0.471 e. The number of aliphatic hydroxyl groups is 3. The standard InChI is InChI=1S/C27H55O4.ClH/c1-3-5-6-7-8-9-10-11-12-13-14-15-16-17-18-19-20-21-22-23-24-26(27(28,29)30)31-25-4-2;/h28-30H,3-25H2,1-2H3;1H/q+1;/p-1. The Bertz CT molecular complexity index is 347. The van der Waals surface area contributed by atoms with Gasteiger partial charge in [0, 0.05) is 0 Å². The fraction of sp³-hybridized carbons (Fsp3) is 0.963.